The summed E-state index contributed by atoms with van der Waals surface area (Å²) in [6.07, 6.45) is 0. The van der Waals surface area contributed by atoms with Gasteiger partial charge in [0.2, 0.25) is 0 Å². The summed E-state index contributed by atoms with van der Waals surface area (Å²) in [6, 6.07) is 0. The van der Waals surface area contributed by atoms with Crippen LogP contribution in [0, 0.1) is 35.6 Å². The molecule has 0 heterocycles. The van der Waals surface area contributed by atoms with E-state index in [-0.39, 0.29) is 125 Å². The smallest absolute Gasteiger partial charge is 1.00 e. The quantitative estimate of drug-likeness (QED) is 0.173. The molecule has 13 heteroatoms. The van der Waals surface area contributed by atoms with E-state index >= 15 is 0 Å². The first-order valence-electron chi connectivity index (χ1n) is 1.46. The van der Waals surface area contributed by atoms with Crippen LogP contribution in [0.25, 0.3) is 0 Å². The van der Waals surface area contributed by atoms with Crippen LogP contribution in [0.4, 0.5) is 4.20 Å². The molecular weight excluding hydrogens is 403 g/mol. The summed E-state index contributed by atoms with van der Waals surface area (Å²) in [7, 11) is -7.73. The summed E-state index contributed by atoms with van der Waals surface area (Å²) in [6.45, 7) is 0. The average molecular weight is 415 g/mol. The van der Waals surface area contributed by atoms with E-state index in [1.165, 1.54) is 0 Å². The van der Waals surface area contributed by atoms with Gasteiger partial charge in [-0.15, -0.1) is 0 Å². The zero-order valence-corrected chi connectivity index (χ0v) is 16.0. The van der Waals surface area contributed by atoms with Crippen molar-refractivity contribution in [1.82, 2.24) is 0 Å². The van der Waals surface area contributed by atoms with Crippen LogP contribution < -0.4 is 29.6 Å². The molecule has 0 rings (SSSR count). The van der Waals surface area contributed by atoms with Crippen molar-refractivity contribution in [2.45, 2.75) is 0 Å². The van der Waals surface area contributed by atoms with E-state index in [0.717, 1.165) is 0 Å². The van der Waals surface area contributed by atoms with Crippen LogP contribution in [0.15, 0.2) is 0 Å². The Kier molecular flexibility index (Phi) is 59.8. The van der Waals surface area contributed by atoms with Gasteiger partial charge in [-0.25, -0.2) is 0 Å². The van der Waals surface area contributed by atoms with Crippen molar-refractivity contribution in [2.75, 3.05) is 0 Å². The molecule has 0 spiro atoms. The minimum absolute atomic E-state index is 0. The fourth-order valence-electron chi connectivity index (χ4n) is 0. The molecule has 0 fully saturated rings. The third-order valence-electron chi connectivity index (χ3n) is 0. The number of hydrogen-bond donors (Lipinski definition) is 6. The van der Waals surface area contributed by atoms with E-state index in [9.17, 15) is 4.20 Å². The molecule has 0 aromatic carbocycles. The standard InChI is InChI=1S/Al.Ca.FH2O2P.La.Na.H4O4Si.6H/c;;1-4(2)3;;;1-5(2,3)4;;;;;;/h;;2-3H;;;1-4H;;;;;;/q;+2;;;+1;;;;;3*-1. The molecule has 0 saturated heterocycles. The fourth-order valence-corrected chi connectivity index (χ4v) is 0. The third kappa shape index (κ3) is 179. The molecule has 1 radical (unpaired) electrons. The average Bonchev–Trinajstić information content (AvgIpc) is 1.19. The minimum atomic E-state index is -4.61. The predicted molar refractivity (Wildman–Crippen MR) is 46.1 cm³/mol. The first-order valence-corrected chi connectivity index (χ1v) is 4.39. The summed E-state index contributed by atoms with van der Waals surface area (Å²) < 4.78 is 10.2. The fraction of sp³-hybridized carbons (Fsp3) is 0. The first-order chi connectivity index (χ1) is 3.73. The minimum Gasteiger partial charge on any atom is -1.00 e. The van der Waals surface area contributed by atoms with Crippen molar-refractivity contribution < 1.29 is 103 Å². The second-order valence-electron chi connectivity index (χ2n) is 0.841. The van der Waals surface area contributed by atoms with Gasteiger partial charge >= 0.3 is 85.0 Å². The molecule has 0 aliphatic heterocycles. The summed E-state index contributed by atoms with van der Waals surface area (Å²) in [5.74, 6) is 0. The maximum atomic E-state index is 10.2. The maximum absolute atomic E-state index is 10.2. The van der Waals surface area contributed by atoms with Gasteiger partial charge in [0, 0.05) is 35.6 Å². The molecule has 13 heavy (non-hydrogen) atoms. The second-order valence-corrected chi connectivity index (χ2v) is 2.52. The van der Waals surface area contributed by atoms with Gasteiger partial charge < -0.3 is 33.2 Å². The van der Waals surface area contributed by atoms with Crippen LogP contribution in [0.2, 0.25) is 0 Å². The molecule has 0 aliphatic carbocycles. The van der Waals surface area contributed by atoms with E-state index < -0.39 is 17.7 Å². The van der Waals surface area contributed by atoms with Gasteiger partial charge in [0.1, 0.15) is 0 Å². The Bertz CT molecular complexity index is 80.5. The molecule has 0 saturated carbocycles. The number of hydrogen-bond acceptors (Lipinski definition) is 6. The van der Waals surface area contributed by atoms with Crippen LogP contribution >= 0.6 is 8.69 Å². The van der Waals surface area contributed by atoms with Crippen LogP contribution in [-0.2, 0) is 0 Å². The predicted octanol–water partition coefficient (Wildman–Crippen LogP) is -6.66. The van der Waals surface area contributed by atoms with Gasteiger partial charge in [0.25, 0.3) is 0 Å². The third-order valence-corrected chi connectivity index (χ3v) is 0. The van der Waals surface area contributed by atoms with Crippen molar-refractivity contribution in [2.24, 2.45) is 0 Å². The molecule has 0 aromatic rings. The van der Waals surface area contributed by atoms with Gasteiger partial charge in [0.05, 0.1) is 0 Å². The van der Waals surface area contributed by atoms with Crippen molar-refractivity contribution in [3.05, 3.63) is 0 Å². The topological polar surface area (TPSA) is 121 Å². The monoisotopic (exact) mass is 415 g/mol. The molecule has 0 amide bonds. The molecule has 0 bridgehead atoms. The Morgan fingerprint density at radius 1 is 1.08 bits per heavy atom. The van der Waals surface area contributed by atoms with Gasteiger partial charge in [-0.2, -0.15) is 4.20 Å². The Labute approximate surface area is 172 Å². The van der Waals surface area contributed by atoms with Crippen molar-refractivity contribution in [3.8, 4) is 0 Å². The molecule has 0 atom stereocenters. The largest absolute Gasteiger partial charge is 2.00 e. The van der Waals surface area contributed by atoms with E-state index in [1.807, 2.05) is 0 Å². The SMILES string of the molecule is OP(O)F.O[Si](O)(O)O.[AlH3].[Ca+2].[H-].[H-].[H-].[La].[Na+]. The second kappa shape index (κ2) is 21.6. The van der Waals surface area contributed by atoms with Gasteiger partial charge in [-0.3, -0.25) is 0 Å². The summed E-state index contributed by atoms with van der Waals surface area (Å²) in [4.78, 5) is 43.3. The summed E-state index contributed by atoms with van der Waals surface area (Å²) in [5, 5.41) is 0. The van der Waals surface area contributed by atoms with E-state index in [2.05, 4.69) is 0 Å². The molecule has 6 nitrogen and oxygen atoms in total. The van der Waals surface area contributed by atoms with Crippen molar-refractivity contribution >= 4 is 72.8 Å². The first kappa shape index (κ1) is 36.0. The van der Waals surface area contributed by atoms with Crippen LogP contribution in [0.1, 0.15) is 4.28 Å². The van der Waals surface area contributed by atoms with Crippen LogP contribution in [0.5, 0.6) is 0 Å². The Hall–Kier alpha value is 4.32. The Morgan fingerprint density at radius 3 is 1.08 bits per heavy atom. The Morgan fingerprint density at radius 2 is 1.08 bits per heavy atom. The number of halogens is 1. The normalized spacial score (nSPS) is 7.38. The summed E-state index contributed by atoms with van der Waals surface area (Å²) >= 11 is 0. The molecule has 0 aromatic heterocycles. The zero-order valence-electron chi connectivity index (χ0n) is 9.29. The van der Waals surface area contributed by atoms with Crippen LogP contribution in [0.3, 0.4) is 0 Å². The van der Waals surface area contributed by atoms with Crippen molar-refractivity contribution in [3.63, 3.8) is 0 Å². The number of rotatable bonds is 0. The van der Waals surface area contributed by atoms with Gasteiger partial charge in [-0.1, -0.05) is 0 Å². The molecular formula is H12AlCaFLaNaO6PSi. The van der Waals surface area contributed by atoms with E-state index in [4.69, 9.17) is 29.0 Å². The van der Waals surface area contributed by atoms with Gasteiger partial charge in [0.15, 0.2) is 17.4 Å². The zero-order chi connectivity index (χ0) is 8.08. The summed E-state index contributed by atoms with van der Waals surface area (Å²) in [5.41, 5.74) is 0. The maximum Gasteiger partial charge on any atom is 2.00 e. The van der Waals surface area contributed by atoms with Gasteiger partial charge in [-0.05, 0) is 0 Å². The molecule has 6 N–H and O–H groups in total. The molecule has 0 unspecified atom stereocenters. The Balaban J connectivity index is -0.00000000614. The van der Waals surface area contributed by atoms with Crippen molar-refractivity contribution in [1.29, 1.82) is 0 Å². The van der Waals surface area contributed by atoms with E-state index in [0.29, 0.717) is 0 Å². The molecule has 73 valence electrons. The van der Waals surface area contributed by atoms with E-state index in [1.54, 1.807) is 0 Å². The van der Waals surface area contributed by atoms with Crippen LogP contribution in [-0.4, -0.2) is 93.1 Å². The molecule has 0 aliphatic rings.